The van der Waals surface area contributed by atoms with Crippen molar-refractivity contribution in [3.8, 4) is 5.75 Å². The van der Waals surface area contributed by atoms with Gasteiger partial charge in [0.2, 0.25) is 5.91 Å². The summed E-state index contributed by atoms with van der Waals surface area (Å²) >= 11 is 0. The number of hydrogen-bond acceptors (Lipinski definition) is 3. The number of methoxy groups -OCH3 is 1. The summed E-state index contributed by atoms with van der Waals surface area (Å²) in [5, 5.41) is 12.6. The van der Waals surface area contributed by atoms with Crippen LogP contribution in [0.25, 0.3) is 0 Å². The predicted molar refractivity (Wildman–Crippen MR) is 90.8 cm³/mol. The van der Waals surface area contributed by atoms with Crippen molar-refractivity contribution in [1.29, 1.82) is 0 Å². The molecule has 0 spiro atoms. The Bertz CT molecular complexity index is 688. The van der Waals surface area contributed by atoms with E-state index in [0.717, 1.165) is 18.4 Å². The molecule has 2 aliphatic carbocycles. The molecule has 0 aromatic heterocycles. The highest BCUT2D eigenvalue weighted by molar-refractivity contribution is 5.96. The van der Waals surface area contributed by atoms with Gasteiger partial charge in [-0.2, -0.15) is 0 Å². The van der Waals surface area contributed by atoms with Crippen LogP contribution in [0.3, 0.4) is 0 Å². The van der Waals surface area contributed by atoms with Crippen molar-refractivity contribution in [2.75, 3.05) is 12.4 Å². The number of nitrogens with one attached hydrogen (secondary N) is 1. The normalized spacial score (nSPS) is 27.9. The van der Waals surface area contributed by atoms with Crippen molar-refractivity contribution in [3.05, 3.63) is 35.4 Å². The average molecular weight is 329 g/mol. The quantitative estimate of drug-likeness (QED) is 0.831. The lowest BCUT2D eigenvalue weighted by atomic mass is 9.78. The van der Waals surface area contributed by atoms with Crippen molar-refractivity contribution in [2.24, 2.45) is 23.7 Å². The van der Waals surface area contributed by atoms with E-state index in [0.29, 0.717) is 11.4 Å². The van der Waals surface area contributed by atoms with Crippen LogP contribution in [0, 0.1) is 23.7 Å². The largest absolute Gasteiger partial charge is 0.497 e. The second-order valence-electron chi connectivity index (χ2n) is 6.85. The highest BCUT2D eigenvalue weighted by Crippen LogP contribution is 2.57. The molecule has 0 radical (unpaired) electrons. The standard InChI is InChI=1S/C19H23NO4/c1-10(2)15-13-8-9-14(15)17(19(22)23)16(13)18(21)20-11-4-6-12(24-3)7-5-11/h4-7,13-14,16-17H,8-9H2,1-3H3,(H,20,21)(H,22,23)/t13-,14-,16+,17-/m0/s1. The third kappa shape index (κ3) is 2.68. The molecule has 1 aromatic rings. The van der Waals surface area contributed by atoms with Gasteiger partial charge in [-0.1, -0.05) is 11.1 Å². The Labute approximate surface area is 141 Å². The summed E-state index contributed by atoms with van der Waals surface area (Å²) in [6.07, 6.45) is 1.77. The number of hydrogen-bond donors (Lipinski definition) is 2. The molecule has 1 amide bonds. The lowest BCUT2D eigenvalue weighted by molar-refractivity contribution is -0.148. The van der Waals surface area contributed by atoms with E-state index >= 15 is 0 Å². The van der Waals surface area contributed by atoms with Crippen molar-refractivity contribution in [3.63, 3.8) is 0 Å². The first-order valence-corrected chi connectivity index (χ1v) is 8.29. The molecule has 0 unspecified atom stereocenters. The number of aliphatic carboxylic acids is 1. The summed E-state index contributed by atoms with van der Waals surface area (Å²) in [6.45, 7) is 4.03. The van der Waals surface area contributed by atoms with Crippen LogP contribution in [0.4, 0.5) is 5.69 Å². The van der Waals surface area contributed by atoms with Gasteiger partial charge >= 0.3 is 5.97 Å². The van der Waals surface area contributed by atoms with Gasteiger partial charge in [0.15, 0.2) is 0 Å². The van der Waals surface area contributed by atoms with Crippen LogP contribution in [-0.2, 0) is 9.59 Å². The number of rotatable bonds is 4. The predicted octanol–water partition coefficient (Wildman–Crippen LogP) is 3.33. The lowest BCUT2D eigenvalue weighted by Crippen LogP contribution is -2.37. The van der Waals surface area contributed by atoms with Gasteiger partial charge in [0.1, 0.15) is 5.75 Å². The van der Waals surface area contributed by atoms with E-state index in [1.165, 1.54) is 5.57 Å². The third-order valence-electron chi connectivity index (χ3n) is 5.36. The number of ether oxygens (including phenoxy) is 1. The van der Waals surface area contributed by atoms with Gasteiger partial charge in [-0.25, -0.2) is 0 Å². The topological polar surface area (TPSA) is 75.6 Å². The van der Waals surface area contributed by atoms with Crippen molar-refractivity contribution < 1.29 is 19.4 Å². The molecule has 2 fully saturated rings. The van der Waals surface area contributed by atoms with Gasteiger partial charge in [-0.15, -0.1) is 0 Å². The molecule has 1 aromatic carbocycles. The zero-order valence-corrected chi connectivity index (χ0v) is 14.2. The molecule has 2 saturated carbocycles. The van der Waals surface area contributed by atoms with Crippen LogP contribution >= 0.6 is 0 Å². The average Bonchev–Trinajstić information content (AvgIpc) is 3.11. The number of amides is 1. The number of allylic oxidation sites excluding steroid dienone is 2. The minimum Gasteiger partial charge on any atom is -0.497 e. The second-order valence-corrected chi connectivity index (χ2v) is 6.85. The van der Waals surface area contributed by atoms with Gasteiger partial charge in [0.05, 0.1) is 18.9 Å². The molecule has 3 rings (SSSR count). The fourth-order valence-corrected chi connectivity index (χ4v) is 4.50. The summed E-state index contributed by atoms with van der Waals surface area (Å²) in [6, 6.07) is 7.07. The Hall–Kier alpha value is -2.30. The van der Waals surface area contributed by atoms with Gasteiger partial charge in [0.25, 0.3) is 0 Å². The molecule has 128 valence electrons. The van der Waals surface area contributed by atoms with E-state index in [9.17, 15) is 14.7 Å². The van der Waals surface area contributed by atoms with Gasteiger partial charge in [-0.3, -0.25) is 9.59 Å². The van der Waals surface area contributed by atoms with Crippen molar-refractivity contribution >= 4 is 17.6 Å². The van der Waals surface area contributed by atoms with E-state index in [2.05, 4.69) is 5.32 Å². The molecular formula is C19H23NO4. The fraction of sp³-hybridized carbons (Fsp3) is 0.474. The smallest absolute Gasteiger partial charge is 0.307 e. The van der Waals surface area contributed by atoms with Gasteiger partial charge in [0, 0.05) is 5.69 Å². The van der Waals surface area contributed by atoms with Crippen LogP contribution in [0.2, 0.25) is 0 Å². The van der Waals surface area contributed by atoms with E-state index in [-0.39, 0.29) is 17.7 Å². The van der Waals surface area contributed by atoms with Gasteiger partial charge in [-0.05, 0) is 62.8 Å². The first kappa shape index (κ1) is 16.6. The van der Waals surface area contributed by atoms with Crippen molar-refractivity contribution in [2.45, 2.75) is 26.7 Å². The molecule has 4 atom stereocenters. The number of carbonyl (C=O) groups excluding carboxylic acids is 1. The zero-order valence-electron chi connectivity index (χ0n) is 14.2. The van der Waals surface area contributed by atoms with Crippen LogP contribution in [-0.4, -0.2) is 24.1 Å². The molecule has 5 heteroatoms. The molecule has 0 saturated heterocycles. The fourth-order valence-electron chi connectivity index (χ4n) is 4.50. The van der Waals surface area contributed by atoms with E-state index in [1.54, 1.807) is 31.4 Å². The van der Waals surface area contributed by atoms with Crippen LogP contribution in [0.1, 0.15) is 26.7 Å². The zero-order chi connectivity index (χ0) is 17.4. The maximum atomic E-state index is 12.8. The molecule has 0 aliphatic heterocycles. The Morgan fingerprint density at radius 2 is 1.67 bits per heavy atom. The highest BCUT2D eigenvalue weighted by atomic mass is 16.5. The summed E-state index contributed by atoms with van der Waals surface area (Å²) in [7, 11) is 1.58. The minimum atomic E-state index is -0.865. The summed E-state index contributed by atoms with van der Waals surface area (Å²) in [5.41, 5.74) is 3.01. The van der Waals surface area contributed by atoms with E-state index in [4.69, 9.17) is 4.74 Å². The van der Waals surface area contributed by atoms with E-state index < -0.39 is 17.8 Å². The number of carbonyl (C=O) groups is 2. The Morgan fingerprint density at radius 1 is 1.08 bits per heavy atom. The Kier molecular flexibility index (Phi) is 4.35. The molecule has 2 aliphatic rings. The molecule has 5 nitrogen and oxygen atoms in total. The maximum Gasteiger partial charge on any atom is 0.307 e. The third-order valence-corrected chi connectivity index (χ3v) is 5.36. The molecule has 2 bridgehead atoms. The molecular weight excluding hydrogens is 306 g/mol. The molecule has 2 N–H and O–H groups in total. The van der Waals surface area contributed by atoms with Crippen LogP contribution in [0.5, 0.6) is 5.75 Å². The number of carboxylic acids is 1. The molecule has 24 heavy (non-hydrogen) atoms. The minimum absolute atomic E-state index is 0.00381. The SMILES string of the molecule is COc1ccc(NC(=O)[C@H]2[C@@H](C(=O)O)[C@H]3CC[C@H]2C3=C(C)C)cc1. The second kappa shape index (κ2) is 6.30. The summed E-state index contributed by atoms with van der Waals surface area (Å²) in [5.74, 6) is -1.40. The van der Waals surface area contributed by atoms with Gasteiger partial charge < -0.3 is 15.2 Å². The van der Waals surface area contributed by atoms with Crippen LogP contribution in [0.15, 0.2) is 35.4 Å². The summed E-state index contributed by atoms with van der Waals surface area (Å²) in [4.78, 5) is 24.6. The monoisotopic (exact) mass is 329 g/mol. The maximum absolute atomic E-state index is 12.8. The van der Waals surface area contributed by atoms with Crippen molar-refractivity contribution in [1.82, 2.24) is 0 Å². The Balaban J connectivity index is 1.85. The lowest BCUT2D eigenvalue weighted by Gasteiger charge is -2.26. The number of fused-ring (bicyclic) bond motifs is 2. The summed E-state index contributed by atoms with van der Waals surface area (Å²) < 4.78 is 5.11. The first-order valence-electron chi connectivity index (χ1n) is 8.29. The van der Waals surface area contributed by atoms with Crippen LogP contribution < -0.4 is 10.1 Å². The highest BCUT2D eigenvalue weighted by Gasteiger charge is 2.57. The Morgan fingerprint density at radius 3 is 2.17 bits per heavy atom. The first-order chi connectivity index (χ1) is 11.4. The van der Waals surface area contributed by atoms with E-state index in [1.807, 2.05) is 13.8 Å². The number of carboxylic acid groups (broad SMARTS) is 1. The number of benzene rings is 1. The molecule has 0 heterocycles. The number of anilines is 1.